The van der Waals surface area contributed by atoms with Gasteiger partial charge in [-0.3, -0.25) is 4.79 Å². The van der Waals surface area contributed by atoms with Gasteiger partial charge in [0.1, 0.15) is 11.5 Å². The Bertz CT molecular complexity index is 927. The van der Waals surface area contributed by atoms with E-state index in [2.05, 4.69) is 5.32 Å². The van der Waals surface area contributed by atoms with Crippen LogP contribution in [0, 0.1) is 5.92 Å². The normalized spacial score (nSPS) is 17.5. The lowest BCUT2D eigenvalue weighted by Crippen LogP contribution is -2.43. The zero-order valence-corrected chi connectivity index (χ0v) is 17.4. The molecule has 1 aliphatic heterocycles. The molecule has 2 aromatic rings. The lowest BCUT2D eigenvalue weighted by molar-refractivity contribution is -0.120. The predicted molar refractivity (Wildman–Crippen MR) is 111 cm³/mol. The number of carbonyl (C=O) groups is 1. The fourth-order valence-electron chi connectivity index (χ4n) is 3.32. The first-order valence-corrected chi connectivity index (χ1v) is 11.1. The number of benzene rings is 2. The lowest BCUT2D eigenvalue weighted by Gasteiger charge is -2.31. The first-order chi connectivity index (χ1) is 13.9. The smallest absolute Gasteiger partial charge is 0.243 e. The molecular weight excluding hydrogens is 392 g/mol. The van der Waals surface area contributed by atoms with Gasteiger partial charge in [0.05, 0.1) is 24.5 Å². The monoisotopic (exact) mass is 418 g/mol. The number of nitrogens with one attached hydrogen (secondary N) is 1. The zero-order valence-electron chi connectivity index (χ0n) is 16.6. The average molecular weight is 419 g/mol. The summed E-state index contributed by atoms with van der Waals surface area (Å²) in [6, 6.07) is 13.4. The molecule has 3 rings (SSSR count). The van der Waals surface area contributed by atoms with E-state index in [9.17, 15) is 13.2 Å². The number of piperidine rings is 1. The number of carbonyl (C=O) groups excluding carboxylic acids is 1. The molecule has 1 N–H and O–H groups in total. The molecule has 156 valence electrons. The zero-order chi connectivity index (χ0) is 20.9. The summed E-state index contributed by atoms with van der Waals surface area (Å²) in [5.74, 6) is 0.750. The van der Waals surface area contributed by atoms with Crippen LogP contribution >= 0.6 is 0 Å². The Kier molecular flexibility index (Phi) is 6.76. The first-order valence-electron chi connectivity index (χ1n) is 9.62. The number of rotatable bonds is 7. The minimum atomic E-state index is -3.66. The van der Waals surface area contributed by atoms with Crippen molar-refractivity contribution in [3.05, 3.63) is 48.5 Å². The molecule has 8 heteroatoms. The van der Waals surface area contributed by atoms with E-state index in [1.54, 1.807) is 55.6 Å². The van der Waals surface area contributed by atoms with Gasteiger partial charge in [0.25, 0.3) is 0 Å². The fourth-order valence-corrected chi connectivity index (χ4v) is 4.84. The van der Waals surface area contributed by atoms with Crippen LogP contribution in [0.1, 0.15) is 19.8 Å². The van der Waals surface area contributed by atoms with Gasteiger partial charge in [-0.1, -0.05) is 0 Å². The van der Waals surface area contributed by atoms with Gasteiger partial charge >= 0.3 is 0 Å². The predicted octanol–water partition coefficient (Wildman–Crippen LogP) is 3.13. The van der Waals surface area contributed by atoms with E-state index in [4.69, 9.17) is 9.47 Å². The van der Waals surface area contributed by atoms with Crippen LogP contribution in [0.25, 0.3) is 0 Å². The number of hydrogen-bond donors (Lipinski definition) is 1. The van der Waals surface area contributed by atoms with Gasteiger partial charge in [0, 0.05) is 18.8 Å². The summed E-state index contributed by atoms with van der Waals surface area (Å²) < 4.78 is 37.9. The third-order valence-electron chi connectivity index (χ3n) is 4.88. The van der Waals surface area contributed by atoms with Crippen LogP contribution in [0.3, 0.4) is 0 Å². The second-order valence-electron chi connectivity index (χ2n) is 6.82. The first kappa shape index (κ1) is 21.1. The van der Waals surface area contributed by atoms with Gasteiger partial charge in [0.2, 0.25) is 15.9 Å². The van der Waals surface area contributed by atoms with E-state index >= 15 is 0 Å². The second kappa shape index (κ2) is 9.28. The molecule has 0 spiro atoms. The van der Waals surface area contributed by atoms with Gasteiger partial charge in [-0.05, 0) is 68.3 Å². The molecule has 0 aliphatic carbocycles. The third-order valence-corrected chi connectivity index (χ3v) is 6.76. The number of sulfonamides is 1. The fraction of sp³-hybridized carbons (Fsp3) is 0.381. The molecule has 1 fully saturated rings. The van der Waals surface area contributed by atoms with Crippen molar-refractivity contribution in [3.8, 4) is 11.5 Å². The maximum atomic E-state index is 13.0. The summed E-state index contributed by atoms with van der Waals surface area (Å²) in [7, 11) is -2.08. The van der Waals surface area contributed by atoms with E-state index in [-0.39, 0.29) is 17.3 Å². The van der Waals surface area contributed by atoms with Gasteiger partial charge in [0.15, 0.2) is 0 Å². The van der Waals surface area contributed by atoms with E-state index in [1.807, 2.05) is 6.92 Å². The second-order valence-corrected chi connectivity index (χ2v) is 8.76. The molecule has 2 aromatic carbocycles. The summed E-state index contributed by atoms with van der Waals surface area (Å²) >= 11 is 0. The summed E-state index contributed by atoms with van der Waals surface area (Å²) in [6.45, 7) is 2.96. The quantitative estimate of drug-likeness (QED) is 0.747. The highest BCUT2D eigenvalue weighted by molar-refractivity contribution is 7.89. The highest BCUT2D eigenvalue weighted by Gasteiger charge is 2.33. The molecule has 1 atom stereocenters. The van der Waals surface area contributed by atoms with E-state index in [1.165, 1.54) is 4.31 Å². The number of methoxy groups -OCH3 is 1. The third kappa shape index (κ3) is 5.07. The van der Waals surface area contributed by atoms with Crippen molar-refractivity contribution in [3.63, 3.8) is 0 Å². The topological polar surface area (TPSA) is 84.9 Å². The van der Waals surface area contributed by atoms with Crippen LogP contribution in [0.2, 0.25) is 0 Å². The largest absolute Gasteiger partial charge is 0.497 e. The SMILES string of the molecule is CCOc1ccc(S(=O)(=O)N2CCCC(C(=O)Nc3ccc(OC)cc3)C2)cc1. The van der Waals surface area contributed by atoms with Crippen LogP contribution in [0.5, 0.6) is 11.5 Å². The van der Waals surface area contributed by atoms with Crippen molar-refractivity contribution in [2.24, 2.45) is 5.92 Å². The maximum Gasteiger partial charge on any atom is 0.243 e. The molecule has 1 heterocycles. The molecular formula is C21H26N2O5S. The molecule has 7 nitrogen and oxygen atoms in total. The van der Waals surface area contributed by atoms with Gasteiger partial charge < -0.3 is 14.8 Å². The van der Waals surface area contributed by atoms with Crippen molar-refractivity contribution in [2.75, 3.05) is 32.1 Å². The number of ether oxygens (including phenoxy) is 2. The Labute approximate surface area is 171 Å². The van der Waals surface area contributed by atoms with Crippen LogP contribution in [-0.2, 0) is 14.8 Å². The highest BCUT2D eigenvalue weighted by atomic mass is 32.2. The minimum absolute atomic E-state index is 0.164. The number of hydrogen-bond acceptors (Lipinski definition) is 5. The Morgan fingerprint density at radius 2 is 1.76 bits per heavy atom. The van der Waals surface area contributed by atoms with Crippen molar-refractivity contribution in [1.82, 2.24) is 4.31 Å². The Balaban J connectivity index is 1.67. The molecule has 29 heavy (non-hydrogen) atoms. The number of anilines is 1. The average Bonchev–Trinajstić information content (AvgIpc) is 2.75. The van der Waals surface area contributed by atoms with Crippen LogP contribution < -0.4 is 14.8 Å². The summed E-state index contributed by atoms with van der Waals surface area (Å²) in [4.78, 5) is 12.9. The molecule has 0 bridgehead atoms. The minimum Gasteiger partial charge on any atom is -0.497 e. The van der Waals surface area contributed by atoms with Crippen molar-refractivity contribution >= 4 is 21.6 Å². The van der Waals surface area contributed by atoms with E-state index in [0.29, 0.717) is 43.2 Å². The van der Waals surface area contributed by atoms with Gasteiger partial charge in [-0.15, -0.1) is 0 Å². The Morgan fingerprint density at radius 1 is 1.10 bits per heavy atom. The van der Waals surface area contributed by atoms with Crippen LogP contribution in [-0.4, -0.2) is 45.4 Å². The maximum absolute atomic E-state index is 13.0. The molecule has 1 saturated heterocycles. The number of amides is 1. The van der Waals surface area contributed by atoms with Crippen molar-refractivity contribution in [1.29, 1.82) is 0 Å². The molecule has 0 saturated carbocycles. The summed E-state index contributed by atoms with van der Waals surface area (Å²) in [5.41, 5.74) is 0.655. The van der Waals surface area contributed by atoms with E-state index in [0.717, 1.165) is 0 Å². The Hall–Kier alpha value is -2.58. The number of nitrogens with zero attached hydrogens (tertiary/aromatic N) is 1. The lowest BCUT2D eigenvalue weighted by atomic mass is 9.99. The molecule has 0 radical (unpaired) electrons. The Morgan fingerprint density at radius 3 is 2.38 bits per heavy atom. The summed E-state index contributed by atoms with van der Waals surface area (Å²) in [6.07, 6.45) is 1.29. The highest BCUT2D eigenvalue weighted by Crippen LogP contribution is 2.26. The standard InChI is InChI=1S/C21H26N2O5S/c1-3-28-19-10-12-20(13-11-19)29(25,26)23-14-4-5-16(15-23)21(24)22-17-6-8-18(27-2)9-7-17/h6-13,16H,3-5,14-15H2,1-2H3,(H,22,24). The van der Waals surface area contributed by atoms with Gasteiger partial charge in [-0.2, -0.15) is 4.31 Å². The van der Waals surface area contributed by atoms with E-state index < -0.39 is 15.9 Å². The molecule has 1 amide bonds. The molecule has 1 aliphatic rings. The van der Waals surface area contributed by atoms with Crippen molar-refractivity contribution < 1.29 is 22.7 Å². The van der Waals surface area contributed by atoms with Crippen LogP contribution in [0.15, 0.2) is 53.4 Å². The summed E-state index contributed by atoms with van der Waals surface area (Å²) in [5, 5.41) is 2.86. The molecule has 0 aromatic heterocycles. The van der Waals surface area contributed by atoms with Crippen LogP contribution in [0.4, 0.5) is 5.69 Å². The van der Waals surface area contributed by atoms with Gasteiger partial charge in [-0.25, -0.2) is 8.42 Å². The van der Waals surface area contributed by atoms with Crippen molar-refractivity contribution in [2.45, 2.75) is 24.7 Å². The molecule has 1 unspecified atom stereocenters.